The molecule has 1 aromatic heterocycles. The van der Waals surface area contributed by atoms with Gasteiger partial charge < -0.3 is 19.4 Å². The van der Waals surface area contributed by atoms with Crippen LogP contribution in [0.1, 0.15) is 41.9 Å². The molecule has 0 saturated heterocycles. The van der Waals surface area contributed by atoms with Gasteiger partial charge in [0.1, 0.15) is 17.3 Å². The van der Waals surface area contributed by atoms with Gasteiger partial charge >= 0.3 is 0 Å². The monoisotopic (exact) mass is 505 g/mol. The van der Waals surface area contributed by atoms with Crippen LogP contribution in [-0.4, -0.2) is 35.7 Å². The summed E-state index contributed by atoms with van der Waals surface area (Å²) in [6.07, 6.45) is 4.71. The highest BCUT2D eigenvalue weighted by Gasteiger charge is 2.12. The number of aromatic nitrogens is 2. The summed E-state index contributed by atoms with van der Waals surface area (Å²) in [7, 11) is 1.58. The number of carbonyl (C=O) groups is 1. The van der Waals surface area contributed by atoms with Crippen LogP contribution in [0, 0.1) is 0 Å². The van der Waals surface area contributed by atoms with Crippen molar-refractivity contribution in [1.82, 2.24) is 14.9 Å². The molecule has 0 spiro atoms. The second-order valence-electron chi connectivity index (χ2n) is 8.59. The van der Waals surface area contributed by atoms with E-state index in [1.165, 1.54) is 0 Å². The van der Waals surface area contributed by atoms with Crippen molar-refractivity contribution in [2.24, 2.45) is 0 Å². The van der Waals surface area contributed by atoms with E-state index in [4.69, 9.17) is 26.1 Å². The third-order valence-electron chi connectivity index (χ3n) is 6.06. The van der Waals surface area contributed by atoms with Gasteiger partial charge in [0, 0.05) is 24.5 Å². The van der Waals surface area contributed by atoms with E-state index >= 15 is 0 Å². The summed E-state index contributed by atoms with van der Waals surface area (Å²) in [6, 6.07) is 23.0. The number of aryl methyl sites for hydroxylation is 2. The highest BCUT2D eigenvalue weighted by atomic mass is 35.5. The van der Waals surface area contributed by atoms with Gasteiger partial charge in [-0.2, -0.15) is 0 Å². The zero-order valence-electron chi connectivity index (χ0n) is 20.6. The van der Waals surface area contributed by atoms with Crippen molar-refractivity contribution in [3.05, 3.63) is 89.2 Å². The molecule has 0 atom stereocenters. The summed E-state index contributed by atoms with van der Waals surface area (Å²) in [4.78, 5) is 17.3. The van der Waals surface area contributed by atoms with Crippen molar-refractivity contribution in [3.63, 3.8) is 0 Å². The molecule has 4 rings (SSSR count). The number of nitrogens with zero attached hydrogens (tertiary/aromatic N) is 2. The average Bonchev–Trinajstić information content (AvgIpc) is 3.26. The van der Waals surface area contributed by atoms with Gasteiger partial charge in [-0.1, -0.05) is 42.3 Å². The van der Waals surface area contributed by atoms with E-state index in [2.05, 4.69) is 28.1 Å². The Morgan fingerprint density at radius 3 is 2.56 bits per heavy atom. The minimum atomic E-state index is -0.102. The lowest BCUT2D eigenvalue weighted by Gasteiger charge is -2.11. The molecule has 1 heterocycles. The predicted octanol–water partition coefficient (Wildman–Crippen LogP) is 6.31. The zero-order chi connectivity index (χ0) is 25.2. The van der Waals surface area contributed by atoms with Crippen LogP contribution < -0.4 is 14.8 Å². The van der Waals surface area contributed by atoms with Crippen molar-refractivity contribution in [3.8, 4) is 11.5 Å². The summed E-state index contributed by atoms with van der Waals surface area (Å²) in [5, 5.41) is 3.70. The van der Waals surface area contributed by atoms with Gasteiger partial charge in [0.15, 0.2) is 0 Å². The van der Waals surface area contributed by atoms with Crippen molar-refractivity contribution in [2.45, 2.75) is 38.6 Å². The Morgan fingerprint density at radius 1 is 0.944 bits per heavy atom. The van der Waals surface area contributed by atoms with Crippen molar-refractivity contribution < 1.29 is 14.3 Å². The Morgan fingerprint density at radius 2 is 1.72 bits per heavy atom. The Kier molecular flexibility index (Phi) is 9.22. The third kappa shape index (κ3) is 6.79. The molecule has 0 unspecified atom stereocenters. The van der Waals surface area contributed by atoms with Crippen LogP contribution in [0.15, 0.2) is 72.8 Å². The molecular formula is C29H32ClN3O3. The molecule has 3 aromatic carbocycles. The predicted molar refractivity (Wildman–Crippen MR) is 144 cm³/mol. The minimum absolute atomic E-state index is 0.102. The van der Waals surface area contributed by atoms with Gasteiger partial charge in [0.25, 0.3) is 5.91 Å². The number of methoxy groups -OCH3 is 1. The molecule has 1 N–H and O–H groups in total. The Labute approximate surface area is 217 Å². The van der Waals surface area contributed by atoms with E-state index in [0.29, 0.717) is 29.5 Å². The van der Waals surface area contributed by atoms with E-state index in [-0.39, 0.29) is 5.91 Å². The van der Waals surface area contributed by atoms with E-state index in [9.17, 15) is 4.79 Å². The Hall–Kier alpha value is -3.51. The van der Waals surface area contributed by atoms with Crippen LogP contribution in [0.25, 0.3) is 11.0 Å². The summed E-state index contributed by atoms with van der Waals surface area (Å²) < 4.78 is 13.5. The fourth-order valence-corrected chi connectivity index (χ4v) is 4.35. The Bertz CT molecular complexity index is 1270. The summed E-state index contributed by atoms with van der Waals surface area (Å²) in [5.41, 5.74) is 2.74. The number of benzene rings is 3. The number of hydrogen-bond acceptors (Lipinski definition) is 4. The first-order valence-electron chi connectivity index (χ1n) is 12.4. The summed E-state index contributed by atoms with van der Waals surface area (Å²) >= 11 is 5.94. The number of nitrogens with one attached hydrogen (secondary N) is 1. The summed E-state index contributed by atoms with van der Waals surface area (Å²) in [6.45, 7) is 2.10. The van der Waals surface area contributed by atoms with Gasteiger partial charge in [-0.25, -0.2) is 4.98 Å². The smallest absolute Gasteiger partial charge is 0.255 e. The molecule has 6 nitrogen and oxygen atoms in total. The van der Waals surface area contributed by atoms with Gasteiger partial charge in [0.2, 0.25) is 0 Å². The van der Waals surface area contributed by atoms with E-state index < -0.39 is 0 Å². The zero-order valence-corrected chi connectivity index (χ0v) is 21.3. The fraction of sp³-hybridized carbons (Fsp3) is 0.310. The van der Waals surface area contributed by atoms with Crippen LogP contribution in [-0.2, 0) is 13.0 Å². The molecule has 188 valence electrons. The normalized spacial score (nSPS) is 10.9. The minimum Gasteiger partial charge on any atom is -0.496 e. The maximum absolute atomic E-state index is 12.4. The fourth-order valence-electron chi connectivity index (χ4n) is 4.22. The molecule has 36 heavy (non-hydrogen) atoms. The molecule has 1 amide bonds. The number of hydrogen-bond donors (Lipinski definition) is 1. The highest BCUT2D eigenvalue weighted by molar-refractivity contribution is 6.30. The lowest BCUT2D eigenvalue weighted by Crippen LogP contribution is -2.24. The summed E-state index contributed by atoms with van der Waals surface area (Å²) in [5.74, 6) is 2.41. The third-order valence-corrected chi connectivity index (χ3v) is 6.31. The average molecular weight is 506 g/mol. The Balaban J connectivity index is 1.24. The highest BCUT2D eigenvalue weighted by Crippen LogP contribution is 2.20. The van der Waals surface area contributed by atoms with Crippen LogP contribution in [0.2, 0.25) is 5.02 Å². The number of rotatable bonds is 13. The number of unbranched alkanes of at least 4 members (excludes halogenated alkanes) is 2. The first-order chi connectivity index (χ1) is 17.7. The topological polar surface area (TPSA) is 65.4 Å². The lowest BCUT2D eigenvalue weighted by atomic mass is 10.1. The van der Waals surface area contributed by atoms with Crippen LogP contribution >= 0.6 is 11.6 Å². The molecule has 0 aliphatic rings. The number of imidazole rings is 1. The van der Waals surface area contributed by atoms with E-state index in [0.717, 1.165) is 61.3 Å². The molecule has 4 aromatic rings. The molecule has 7 heteroatoms. The molecule has 0 saturated carbocycles. The quantitative estimate of drug-likeness (QED) is 0.216. The maximum atomic E-state index is 12.4. The van der Waals surface area contributed by atoms with Gasteiger partial charge in [0.05, 0.1) is 30.3 Å². The van der Waals surface area contributed by atoms with Gasteiger partial charge in [-0.3, -0.25) is 4.79 Å². The van der Waals surface area contributed by atoms with Crippen molar-refractivity contribution in [2.75, 3.05) is 20.3 Å². The number of ether oxygens (including phenoxy) is 2. The molecule has 0 aliphatic heterocycles. The number of amides is 1. The number of para-hydroxylation sites is 3. The second-order valence-corrected chi connectivity index (χ2v) is 9.03. The van der Waals surface area contributed by atoms with Gasteiger partial charge in [-0.15, -0.1) is 0 Å². The van der Waals surface area contributed by atoms with Crippen LogP contribution in [0.3, 0.4) is 0 Å². The standard InChI is InChI=1S/C29H32ClN3O3/c1-35-27-13-7-4-10-24(27)29(34)31-19-8-2-3-14-28-32-25-11-5-6-12-26(25)33(28)20-9-21-36-23-17-15-22(30)16-18-23/h4-7,10-13,15-18H,2-3,8-9,14,19-21H2,1H3,(H,31,34). The largest absolute Gasteiger partial charge is 0.496 e. The maximum Gasteiger partial charge on any atom is 0.255 e. The van der Waals surface area contributed by atoms with E-state index in [1.54, 1.807) is 19.2 Å². The van der Waals surface area contributed by atoms with Gasteiger partial charge in [-0.05, 0) is 67.8 Å². The first kappa shape index (κ1) is 25.6. The molecular weight excluding hydrogens is 474 g/mol. The van der Waals surface area contributed by atoms with Crippen molar-refractivity contribution >= 4 is 28.5 Å². The van der Waals surface area contributed by atoms with Crippen molar-refractivity contribution in [1.29, 1.82) is 0 Å². The molecule has 0 aliphatic carbocycles. The van der Waals surface area contributed by atoms with Crippen LogP contribution in [0.5, 0.6) is 11.5 Å². The number of halogens is 1. The molecule has 0 radical (unpaired) electrons. The lowest BCUT2D eigenvalue weighted by molar-refractivity contribution is 0.0950. The SMILES string of the molecule is COc1ccccc1C(=O)NCCCCCc1nc2ccccc2n1CCCOc1ccc(Cl)cc1. The van der Waals surface area contributed by atoms with E-state index in [1.807, 2.05) is 42.5 Å². The molecule has 0 bridgehead atoms. The van der Waals surface area contributed by atoms with Crippen LogP contribution in [0.4, 0.5) is 0 Å². The molecule has 0 fully saturated rings. The number of carbonyl (C=O) groups excluding carboxylic acids is 1. The second kappa shape index (κ2) is 13.0. The first-order valence-corrected chi connectivity index (χ1v) is 12.8. The number of fused-ring (bicyclic) bond motifs is 1.